The molecule has 1 aliphatic rings. The van der Waals surface area contributed by atoms with Gasteiger partial charge in [0.1, 0.15) is 12.2 Å². The number of ether oxygens (including phenoxy) is 2. The van der Waals surface area contributed by atoms with Crippen LogP contribution in [0.1, 0.15) is 68.1 Å². The Labute approximate surface area is 140 Å². The number of rotatable bonds is 7. The number of hydrogen-bond donors (Lipinski definition) is 0. The highest BCUT2D eigenvalue weighted by Gasteiger charge is 2.30. The summed E-state index contributed by atoms with van der Waals surface area (Å²) in [5, 5.41) is 3.95. The molecule has 1 aromatic heterocycles. The topological polar surface area (TPSA) is 95.7 Å². The fourth-order valence-corrected chi connectivity index (χ4v) is 2.99. The van der Waals surface area contributed by atoms with E-state index in [2.05, 4.69) is 5.16 Å². The number of nitrogens with zero attached hydrogens (tertiary/aromatic N) is 1. The zero-order valence-electron chi connectivity index (χ0n) is 14.1. The fourth-order valence-electron chi connectivity index (χ4n) is 2.99. The first kappa shape index (κ1) is 18.2. The Morgan fingerprint density at radius 2 is 1.79 bits per heavy atom. The summed E-state index contributed by atoms with van der Waals surface area (Å²) in [4.78, 5) is 35.1. The van der Waals surface area contributed by atoms with Crippen molar-refractivity contribution in [3.05, 3.63) is 17.5 Å². The van der Waals surface area contributed by atoms with Gasteiger partial charge in [-0.05, 0) is 39.5 Å². The zero-order valence-corrected chi connectivity index (χ0v) is 14.1. The maximum Gasteiger partial charge on any atom is 0.377 e. The van der Waals surface area contributed by atoms with Gasteiger partial charge in [0.05, 0.1) is 18.9 Å². The Morgan fingerprint density at radius 3 is 2.42 bits per heavy atom. The number of carbonyl (C=O) groups excluding carboxylic acids is 3. The number of ketones is 1. The fraction of sp³-hybridized carbons (Fsp3) is 0.647. The van der Waals surface area contributed by atoms with Crippen molar-refractivity contribution in [2.45, 2.75) is 51.9 Å². The molecule has 0 unspecified atom stereocenters. The third kappa shape index (κ3) is 4.66. The van der Waals surface area contributed by atoms with Gasteiger partial charge in [-0.25, -0.2) is 4.79 Å². The predicted octanol–water partition coefficient (Wildman–Crippen LogP) is 2.65. The molecule has 0 radical (unpaired) electrons. The van der Waals surface area contributed by atoms with Gasteiger partial charge in [-0.3, -0.25) is 9.59 Å². The highest BCUT2D eigenvalue weighted by Crippen LogP contribution is 2.36. The number of Topliss-reactive ketones (excluding diaryl/α,β-unsaturated/α-hetero) is 1. The standard InChI is InChI=1S/C17H23NO6/c1-3-22-16(20)10-14(19)12-7-5-11(6-8-12)13-9-15(24-18-13)17(21)23-4-2/h9,11-12H,3-8,10H2,1-2H3. The maximum atomic E-state index is 12.1. The van der Waals surface area contributed by atoms with E-state index in [0.717, 1.165) is 12.8 Å². The lowest BCUT2D eigenvalue weighted by Gasteiger charge is -2.26. The Balaban J connectivity index is 1.85. The van der Waals surface area contributed by atoms with Crippen molar-refractivity contribution in [1.29, 1.82) is 0 Å². The van der Waals surface area contributed by atoms with Gasteiger partial charge >= 0.3 is 11.9 Å². The molecule has 0 aliphatic heterocycles. The summed E-state index contributed by atoms with van der Waals surface area (Å²) in [7, 11) is 0. The second-order valence-corrected chi connectivity index (χ2v) is 5.83. The van der Waals surface area contributed by atoms with Crippen LogP contribution in [0.25, 0.3) is 0 Å². The molecule has 7 nitrogen and oxygen atoms in total. The number of esters is 2. The first-order valence-corrected chi connectivity index (χ1v) is 8.37. The average molecular weight is 337 g/mol. The van der Waals surface area contributed by atoms with Crippen LogP contribution in [-0.4, -0.2) is 36.1 Å². The van der Waals surface area contributed by atoms with Crippen LogP contribution in [-0.2, 0) is 19.1 Å². The zero-order chi connectivity index (χ0) is 17.5. The first-order chi connectivity index (χ1) is 11.5. The quantitative estimate of drug-likeness (QED) is 0.557. The summed E-state index contributed by atoms with van der Waals surface area (Å²) in [5.41, 5.74) is 0.717. The summed E-state index contributed by atoms with van der Waals surface area (Å²) < 4.78 is 14.7. The number of hydrogen-bond acceptors (Lipinski definition) is 7. The largest absolute Gasteiger partial charge is 0.466 e. The molecule has 1 aliphatic carbocycles. The van der Waals surface area contributed by atoms with E-state index in [9.17, 15) is 14.4 Å². The molecule has 7 heteroatoms. The Hall–Kier alpha value is -2.18. The van der Waals surface area contributed by atoms with Gasteiger partial charge in [-0.15, -0.1) is 0 Å². The van der Waals surface area contributed by atoms with Crippen LogP contribution in [0.5, 0.6) is 0 Å². The molecule has 0 saturated heterocycles. The summed E-state index contributed by atoms with van der Waals surface area (Å²) in [6.45, 7) is 4.01. The molecule has 0 amide bonds. The molecule has 1 saturated carbocycles. The minimum absolute atomic E-state index is 0.0562. The lowest BCUT2D eigenvalue weighted by Crippen LogP contribution is -2.24. The minimum atomic E-state index is -0.519. The molecule has 1 fully saturated rings. The summed E-state index contributed by atoms with van der Waals surface area (Å²) in [5.74, 6) is -0.882. The van der Waals surface area contributed by atoms with E-state index >= 15 is 0 Å². The molecule has 0 atom stereocenters. The van der Waals surface area contributed by atoms with Gasteiger partial charge in [-0.1, -0.05) is 5.16 Å². The molecular weight excluding hydrogens is 314 g/mol. The van der Waals surface area contributed by atoms with Crippen LogP contribution in [0, 0.1) is 5.92 Å². The van der Waals surface area contributed by atoms with E-state index in [4.69, 9.17) is 14.0 Å². The normalized spacial score (nSPS) is 20.4. The Morgan fingerprint density at radius 1 is 1.12 bits per heavy atom. The van der Waals surface area contributed by atoms with E-state index in [0.29, 0.717) is 18.5 Å². The van der Waals surface area contributed by atoms with Crippen LogP contribution < -0.4 is 0 Å². The molecule has 1 aromatic rings. The molecule has 0 spiro atoms. The van der Waals surface area contributed by atoms with Gasteiger partial charge in [0.2, 0.25) is 5.76 Å². The van der Waals surface area contributed by atoms with Crippen molar-refractivity contribution in [2.75, 3.05) is 13.2 Å². The van der Waals surface area contributed by atoms with Crippen LogP contribution in [0.15, 0.2) is 10.6 Å². The van der Waals surface area contributed by atoms with Crippen molar-refractivity contribution in [1.82, 2.24) is 5.16 Å². The number of aromatic nitrogens is 1. The lowest BCUT2D eigenvalue weighted by atomic mass is 9.78. The molecule has 0 bridgehead atoms. The second-order valence-electron chi connectivity index (χ2n) is 5.83. The SMILES string of the molecule is CCOC(=O)CC(=O)C1CCC(c2cc(C(=O)OCC)on2)CC1. The van der Waals surface area contributed by atoms with Crippen LogP contribution in [0.2, 0.25) is 0 Å². The summed E-state index contributed by atoms with van der Waals surface area (Å²) in [6, 6.07) is 1.61. The Bertz CT molecular complexity index is 586. The molecular formula is C17H23NO6. The third-order valence-corrected chi connectivity index (χ3v) is 4.23. The van der Waals surface area contributed by atoms with Crippen molar-refractivity contribution < 1.29 is 28.4 Å². The molecule has 0 aromatic carbocycles. The van der Waals surface area contributed by atoms with Gasteiger partial charge in [0.25, 0.3) is 0 Å². The van der Waals surface area contributed by atoms with Crippen molar-refractivity contribution >= 4 is 17.7 Å². The summed E-state index contributed by atoms with van der Waals surface area (Å²) in [6.07, 6.45) is 2.79. The van der Waals surface area contributed by atoms with Gasteiger partial charge in [0.15, 0.2) is 0 Å². The van der Waals surface area contributed by atoms with E-state index in [1.54, 1.807) is 19.9 Å². The Kier molecular flexibility index (Phi) is 6.52. The van der Waals surface area contributed by atoms with Crippen molar-refractivity contribution in [3.63, 3.8) is 0 Å². The maximum absolute atomic E-state index is 12.1. The predicted molar refractivity (Wildman–Crippen MR) is 83.4 cm³/mol. The third-order valence-electron chi connectivity index (χ3n) is 4.23. The smallest absolute Gasteiger partial charge is 0.377 e. The molecule has 1 heterocycles. The highest BCUT2D eigenvalue weighted by molar-refractivity contribution is 5.96. The summed E-state index contributed by atoms with van der Waals surface area (Å²) >= 11 is 0. The van der Waals surface area contributed by atoms with Crippen LogP contribution >= 0.6 is 0 Å². The molecule has 0 N–H and O–H groups in total. The van der Waals surface area contributed by atoms with Gasteiger partial charge in [-0.2, -0.15) is 0 Å². The van der Waals surface area contributed by atoms with Gasteiger partial charge in [0, 0.05) is 17.9 Å². The molecule has 24 heavy (non-hydrogen) atoms. The van der Waals surface area contributed by atoms with E-state index in [-0.39, 0.29) is 43.0 Å². The van der Waals surface area contributed by atoms with E-state index < -0.39 is 11.9 Å². The van der Waals surface area contributed by atoms with Crippen molar-refractivity contribution in [2.24, 2.45) is 5.92 Å². The van der Waals surface area contributed by atoms with E-state index in [1.807, 2.05) is 0 Å². The average Bonchev–Trinajstić information content (AvgIpc) is 3.05. The molecule has 132 valence electrons. The number of carbonyl (C=O) groups is 3. The second kappa shape index (κ2) is 8.61. The van der Waals surface area contributed by atoms with Crippen LogP contribution in [0.3, 0.4) is 0 Å². The highest BCUT2D eigenvalue weighted by atomic mass is 16.6. The first-order valence-electron chi connectivity index (χ1n) is 8.37. The van der Waals surface area contributed by atoms with Crippen LogP contribution in [0.4, 0.5) is 0 Å². The minimum Gasteiger partial charge on any atom is -0.466 e. The van der Waals surface area contributed by atoms with Crippen molar-refractivity contribution in [3.8, 4) is 0 Å². The lowest BCUT2D eigenvalue weighted by molar-refractivity contribution is -0.146. The molecule has 2 rings (SSSR count). The van der Waals surface area contributed by atoms with Gasteiger partial charge < -0.3 is 14.0 Å². The van der Waals surface area contributed by atoms with E-state index in [1.165, 1.54) is 0 Å². The monoisotopic (exact) mass is 337 g/mol.